The zero-order valence-electron chi connectivity index (χ0n) is 18.0. The minimum absolute atomic E-state index is 0.307. The molecule has 3 N–H and O–H groups in total. The predicted molar refractivity (Wildman–Crippen MR) is 129 cm³/mol. The minimum atomic E-state index is -0.453. The molecule has 1 amide bonds. The summed E-state index contributed by atoms with van der Waals surface area (Å²) in [4.78, 5) is 14.5. The van der Waals surface area contributed by atoms with E-state index in [1.54, 1.807) is 12.1 Å². The molecule has 5 nitrogen and oxygen atoms in total. The molecule has 1 heterocycles. The van der Waals surface area contributed by atoms with Gasteiger partial charge in [0.25, 0.3) is 0 Å². The third-order valence-corrected chi connectivity index (χ3v) is 5.92. The molecule has 1 saturated heterocycles. The standard InChI is InChI=1S/C26H28ClN3O2/c27-23-9-5-21(6-10-23)22-7-11-25(12-8-22)32-26(31)29-15-13-19-1-3-20(4-2-19)17-30-16-14-24(28)18-30/h1-12,24H,13-18,28H2,(H,29,31). The van der Waals surface area contributed by atoms with Crippen molar-refractivity contribution in [1.29, 1.82) is 0 Å². The van der Waals surface area contributed by atoms with E-state index in [1.807, 2.05) is 36.4 Å². The number of rotatable bonds is 7. The second-order valence-corrected chi connectivity index (χ2v) is 8.63. The Morgan fingerprint density at radius 3 is 2.22 bits per heavy atom. The van der Waals surface area contributed by atoms with Crippen LogP contribution < -0.4 is 15.8 Å². The van der Waals surface area contributed by atoms with E-state index in [2.05, 4.69) is 34.5 Å². The fraction of sp³-hybridized carbons (Fsp3) is 0.269. The van der Waals surface area contributed by atoms with Crippen LogP contribution in [0.15, 0.2) is 72.8 Å². The van der Waals surface area contributed by atoms with Gasteiger partial charge in [-0.05, 0) is 59.4 Å². The Morgan fingerprint density at radius 1 is 0.969 bits per heavy atom. The van der Waals surface area contributed by atoms with Gasteiger partial charge >= 0.3 is 6.09 Å². The van der Waals surface area contributed by atoms with Crippen molar-refractivity contribution >= 4 is 17.7 Å². The van der Waals surface area contributed by atoms with Gasteiger partial charge in [-0.15, -0.1) is 0 Å². The number of amides is 1. The number of benzene rings is 3. The average Bonchev–Trinajstić information content (AvgIpc) is 3.20. The number of nitrogens with two attached hydrogens (primary N) is 1. The summed E-state index contributed by atoms with van der Waals surface area (Å²) < 4.78 is 5.38. The number of ether oxygens (including phenoxy) is 1. The summed E-state index contributed by atoms with van der Waals surface area (Å²) in [5, 5.41) is 3.51. The van der Waals surface area contributed by atoms with Crippen molar-refractivity contribution < 1.29 is 9.53 Å². The van der Waals surface area contributed by atoms with Gasteiger partial charge in [0.2, 0.25) is 0 Å². The van der Waals surface area contributed by atoms with Crippen molar-refractivity contribution in [2.75, 3.05) is 19.6 Å². The quantitative estimate of drug-likeness (QED) is 0.540. The molecule has 0 bridgehead atoms. The maximum atomic E-state index is 12.1. The van der Waals surface area contributed by atoms with Gasteiger partial charge in [-0.25, -0.2) is 4.79 Å². The van der Waals surface area contributed by atoms with Gasteiger partial charge in [0.05, 0.1) is 0 Å². The zero-order valence-corrected chi connectivity index (χ0v) is 18.7. The molecule has 1 aliphatic rings. The van der Waals surface area contributed by atoms with Crippen LogP contribution in [-0.4, -0.2) is 36.7 Å². The van der Waals surface area contributed by atoms with Crippen molar-refractivity contribution in [3.63, 3.8) is 0 Å². The number of hydrogen-bond acceptors (Lipinski definition) is 4. The van der Waals surface area contributed by atoms with Gasteiger partial charge in [0.1, 0.15) is 5.75 Å². The largest absolute Gasteiger partial charge is 0.412 e. The molecule has 3 aromatic rings. The first-order chi connectivity index (χ1) is 15.5. The van der Waals surface area contributed by atoms with E-state index < -0.39 is 6.09 Å². The van der Waals surface area contributed by atoms with Gasteiger partial charge in [-0.3, -0.25) is 4.90 Å². The second kappa shape index (κ2) is 10.6. The molecular weight excluding hydrogens is 422 g/mol. The third-order valence-electron chi connectivity index (χ3n) is 5.66. The zero-order chi connectivity index (χ0) is 22.3. The molecule has 0 radical (unpaired) electrons. The highest BCUT2D eigenvalue weighted by molar-refractivity contribution is 6.30. The van der Waals surface area contributed by atoms with Crippen molar-refractivity contribution in [2.24, 2.45) is 5.73 Å². The van der Waals surface area contributed by atoms with E-state index in [0.717, 1.165) is 43.6 Å². The van der Waals surface area contributed by atoms with E-state index in [9.17, 15) is 4.79 Å². The molecule has 6 heteroatoms. The first-order valence-electron chi connectivity index (χ1n) is 10.9. The smallest absolute Gasteiger partial charge is 0.410 e. The maximum Gasteiger partial charge on any atom is 0.412 e. The van der Waals surface area contributed by atoms with Gasteiger partial charge in [-0.1, -0.05) is 60.1 Å². The number of nitrogens with zero attached hydrogens (tertiary/aromatic N) is 1. The molecule has 1 fully saturated rings. The lowest BCUT2D eigenvalue weighted by Gasteiger charge is -2.15. The van der Waals surface area contributed by atoms with Gasteiger partial charge in [-0.2, -0.15) is 0 Å². The molecule has 1 unspecified atom stereocenters. The summed E-state index contributed by atoms with van der Waals surface area (Å²) in [7, 11) is 0. The summed E-state index contributed by atoms with van der Waals surface area (Å²) in [6.07, 6.45) is 1.37. The molecule has 0 saturated carbocycles. The number of hydrogen-bond donors (Lipinski definition) is 2. The summed E-state index contributed by atoms with van der Waals surface area (Å²) in [6, 6.07) is 23.9. The fourth-order valence-electron chi connectivity index (χ4n) is 3.89. The average molecular weight is 450 g/mol. The molecule has 3 aromatic carbocycles. The molecule has 1 aliphatic heterocycles. The lowest BCUT2D eigenvalue weighted by Crippen LogP contribution is -2.28. The minimum Gasteiger partial charge on any atom is -0.410 e. The van der Waals surface area contributed by atoms with Crippen LogP contribution in [0.2, 0.25) is 5.02 Å². The number of carbonyl (C=O) groups is 1. The molecule has 1 atom stereocenters. The molecule has 32 heavy (non-hydrogen) atoms. The van der Waals surface area contributed by atoms with Crippen LogP contribution >= 0.6 is 11.6 Å². The van der Waals surface area contributed by atoms with Crippen LogP contribution in [0.1, 0.15) is 17.5 Å². The van der Waals surface area contributed by atoms with Crippen molar-refractivity contribution in [2.45, 2.75) is 25.4 Å². The molecule has 0 aromatic heterocycles. The summed E-state index contributed by atoms with van der Waals surface area (Å²) in [5.74, 6) is 0.506. The highest BCUT2D eigenvalue weighted by Gasteiger charge is 2.18. The number of carbonyl (C=O) groups excluding carboxylic acids is 1. The monoisotopic (exact) mass is 449 g/mol. The topological polar surface area (TPSA) is 67.6 Å². The van der Waals surface area contributed by atoms with Gasteiger partial charge in [0.15, 0.2) is 0 Å². The Hall–Kier alpha value is -2.86. The van der Waals surface area contributed by atoms with Crippen LogP contribution in [0, 0.1) is 0 Å². The highest BCUT2D eigenvalue weighted by atomic mass is 35.5. The van der Waals surface area contributed by atoms with E-state index >= 15 is 0 Å². The third kappa shape index (κ3) is 6.33. The molecule has 0 aliphatic carbocycles. The van der Waals surface area contributed by atoms with E-state index in [1.165, 1.54) is 11.1 Å². The Kier molecular flexibility index (Phi) is 7.43. The first-order valence-corrected chi connectivity index (χ1v) is 11.3. The Morgan fingerprint density at radius 2 is 1.59 bits per heavy atom. The maximum absolute atomic E-state index is 12.1. The number of nitrogens with one attached hydrogen (secondary N) is 1. The van der Waals surface area contributed by atoms with Gasteiger partial charge in [0, 0.05) is 37.2 Å². The van der Waals surface area contributed by atoms with Crippen molar-refractivity contribution in [3.05, 3.63) is 88.9 Å². The van der Waals surface area contributed by atoms with Crippen LogP contribution in [-0.2, 0) is 13.0 Å². The van der Waals surface area contributed by atoms with E-state index in [-0.39, 0.29) is 0 Å². The molecule has 0 spiro atoms. The summed E-state index contributed by atoms with van der Waals surface area (Å²) >= 11 is 5.93. The predicted octanol–water partition coefficient (Wildman–Crippen LogP) is 4.87. The highest BCUT2D eigenvalue weighted by Crippen LogP contribution is 2.24. The van der Waals surface area contributed by atoms with E-state index in [4.69, 9.17) is 22.1 Å². The first kappa shape index (κ1) is 22.3. The Labute approximate surface area is 194 Å². The lowest BCUT2D eigenvalue weighted by molar-refractivity contribution is 0.200. The SMILES string of the molecule is NC1CCN(Cc2ccc(CCNC(=O)Oc3ccc(-c4ccc(Cl)cc4)cc3)cc2)C1. The van der Waals surface area contributed by atoms with Crippen LogP contribution in [0.4, 0.5) is 4.79 Å². The Bertz CT molecular complexity index is 1020. The number of likely N-dealkylation sites (tertiary alicyclic amines) is 1. The van der Waals surface area contributed by atoms with Crippen LogP contribution in [0.5, 0.6) is 5.75 Å². The van der Waals surface area contributed by atoms with Crippen molar-refractivity contribution in [1.82, 2.24) is 10.2 Å². The normalized spacial score (nSPS) is 16.1. The number of halogens is 1. The summed E-state index contributed by atoms with van der Waals surface area (Å²) in [6.45, 7) is 3.49. The van der Waals surface area contributed by atoms with Gasteiger partial charge < -0.3 is 15.8 Å². The lowest BCUT2D eigenvalue weighted by atomic mass is 10.1. The van der Waals surface area contributed by atoms with Crippen LogP contribution in [0.3, 0.4) is 0 Å². The van der Waals surface area contributed by atoms with E-state index in [0.29, 0.717) is 23.4 Å². The fourth-order valence-corrected chi connectivity index (χ4v) is 4.01. The second-order valence-electron chi connectivity index (χ2n) is 8.20. The van der Waals surface area contributed by atoms with Crippen LogP contribution in [0.25, 0.3) is 11.1 Å². The Balaban J connectivity index is 1.20. The summed E-state index contributed by atoms with van der Waals surface area (Å²) in [5.41, 5.74) is 10.5. The molecule has 4 rings (SSSR count). The van der Waals surface area contributed by atoms with Crippen molar-refractivity contribution in [3.8, 4) is 16.9 Å². The molecular formula is C26H28ClN3O2. The molecule has 166 valence electrons.